The number of hydrogen-bond donors (Lipinski definition) is 1. The van der Waals surface area contributed by atoms with Crippen molar-refractivity contribution in [1.82, 2.24) is 0 Å². The Balaban J connectivity index is 3.01. The van der Waals surface area contributed by atoms with Crippen molar-refractivity contribution in [1.29, 1.82) is 0 Å². The van der Waals surface area contributed by atoms with Gasteiger partial charge < -0.3 is 5.11 Å². The second-order valence-corrected chi connectivity index (χ2v) is 4.07. The van der Waals surface area contributed by atoms with Gasteiger partial charge in [0.2, 0.25) is 0 Å². The van der Waals surface area contributed by atoms with Crippen molar-refractivity contribution in [2.24, 2.45) is 0 Å². The SMILES string of the molecule is CCCCc1cc(CC)cc(CC)c1O. The topological polar surface area (TPSA) is 20.2 Å². The summed E-state index contributed by atoms with van der Waals surface area (Å²) in [5.74, 6) is 0.531. The summed E-state index contributed by atoms with van der Waals surface area (Å²) in [7, 11) is 0. The molecule has 0 aliphatic heterocycles. The largest absolute Gasteiger partial charge is 0.507 e. The van der Waals surface area contributed by atoms with Crippen LogP contribution in [-0.2, 0) is 19.3 Å². The van der Waals surface area contributed by atoms with E-state index in [4.69, 9.17) is 0 Å². The standard InChI is InChI=1S/C14H22O/c1-4-7-8-13-10-11(5-2)9-12(6-3)14(13)15/h9-10,15H,4-8H2,1-3H3. The highest BCUT2D eigenvalue weighted by molar-refractivity contribution is 5.44. The third-order valence-electron chi connectivity index (χ3n) is 2.92. The van der Waals surface area contributed by atoms with E-state index in [1.54, 1.807) is 0 Å². The van der Waals surface area contributed by atoms with Gasteiger partial charge in [-0.25, -0.2) is 0 Å². The first-order valence-corrected chi connectivity index (χ1v) is 6.06. The lowest BCUT2D eigenvalue weighted by Crippen LogP contribution is -1.94. The first-order chi connectivity index (χ1) is 7.22. The monoisotopic (exact) mass is 206 g/mol. The highest BCUT2D eigenvalue weighted by Gasteiger charge is 2.07. The molecule has 84 valence electrons. The van der Waals surface area contributed by atoms with Gasteiger partial charge in [-0.1, -0.05) is 39.3 Å². The molecule has 1 heteroatoms. The summed E-state index contributed by atoms with van der Waals surface area (Å²) in [5.41, 5.74) is 3.57. The summed E-state index contributed by atoms with van der Waals surface area (Å²) < 4.78 is 0. The third-order valence-corrected chi connectivity index (χ3v) is 2.92. The van der Waals surface area contributed by atoms with Gasteiger partial charge in [0.15, 0.2) is 0 Å². The van der Waals surface area contributed by atoms with Crippen LogP contribution < -0.4 is 0 Å². The van der Waals surface area contributed by atoms with Crippen LogP contribution in [0.3, 0.4) is 0 Å². The molecule has 0 saturated carbocycles. The maximum atomic E-state index is 10.0. The Morgan fingerprint density at radius 2 is 1.67 bits per heavy atom. The molecule has 0 aromatic heterocycles. The highest BCUT2D eigenvalue weighted by atomic mass is 16.3. The summed E-state index contributed by atoms with van der Waals surface area (Å²) in [6.45, 7) is 6.44. The van der Waals surface area contributed by atoms with Crippen LogP contribution in [-0.4, -0.2) is 5.11 Å². The zero-order valence-corrected chi connectivity index (χ0v) is 10.1. The Hall–Kier alpha value is -0.980. The number of aromatic hydroxyl groups is 1. The fourth-order valence-electron chi connectivity index (χ4n) is 1.86. The Morgan fingerprint density at radius 3 is 2.20 bits per heavy atom. The minimum Gasteiger partial charge on any atom is -0.507 e. The first-order valence-electron chi connectivity index (χ1n) is 6.06. The molecule has 0 aliphatic carbocycles. The molecule has 0 bridgehead atoms. The fourth-order valence-corrected chi connectivity index (χ4v) is 1.86. The fraction of sp³-hybridized carbons (Fsp3) is 0.571. The van der Waals surface area contributed by atoms with E-state index in [1.807, 2.05) is 0 Å². The average Bonchev–Trinajstić information content (AvgIpc) is 2.27. The van der Waals surface area contributed by atoms with Crippen molar-refractivity contribution in [3.8, 4) is 5.75 Å². The maximum Gasteiger partial charge on any atom is 0.121 e. The van der Waals surface area contributed by atoms with Gasteiger partial charge in [0.1, 0.15) is 5.75 Å². The zero-order valence-electron chi connectivity index (χ0n) is 10.1. The number of unbranched alkanes of at least 4 members (excludes halogenated alkanes) is 1. The van der Waals surface area contributed by atoms with Crippen molar-refractivity contribution < 1.29 is 5.11 Å². The van der Waals surface area contributed by atoms with E-state index < -0.39 is 0 Å². The van der Waals surface area contributed by atoms with Crippen LogP contribution in [0.2, 0.25) is 0 Å². The summed E-state index contributed by atoms with van der Waals surface area (Å²) in [6, 6.07) is 4.29. The quantitative estimate of drug-likeness (QED) is 0.775. The molecule has 1 nitrogen and oxygen atoms in total. The van der Waals surface area contributed by atoms with E-state index in [1.165, 1.54) is 12.0 Å². The molecule has 0 amide bonds. The molecule has 1 rings (SSSR count). The minimum atomic E-state index is 0.531. The molecule has 1 aromatic carbocycles. The molecular weight excluding hydrogens is 184 g/mol. The van der Waals surface area contributed by atoms with Crippen LogP contribution in [0.1, 0.15) is 50.3 Å². The van der Waals surface area contributed by atoms with Crippen molar-refractivity contribution in [3.63, 3.8) is 0 Å². The average molecular weight is 206 g/mol. The van der Waals surface area contributed by atoms with Gasteiger partial charge in [0.25, 0.3) is 0 Å². The molecular formula is C14H22O. The molecule has 0 unspecified atom stereocenters. The number of rotatable bonds is 5. The molecule has 0 heterocycles. The van der Waals surface area contributed by atoms with Crippen LogP contribution in [0.5, 0.6) is 5.75 Å². The van der Waals surface area contributed by atoms with Gasteiger partial charge in [-0.3, -0.25) is 0 Å². The second kappa shape index (κ2) is 5.79. The van der Waals surface area contributed by atoms with Crippen LogP contribution >= 0.6 is 0 Å². The third kappa shape index (κ3) is 2.98. The van der Waals surface area contributed by atoms with Crippen molar-refractivity contribution >= 4 is 0 Å². The van der Waals surface area contributed by atoms with E-state index in [0.717, 1.165) is 36.8 Å². The van der Waals surface area contributed by atoms with E-state index in [0.29, 0.717) is 5.75 Å². The summed E-state index contributed by atoms with van der Waals surface area (Å²) >= 11 is 0. The Bertz CT molecular complexity index is 315. The maximum absolute atomic E-state index is 10.0. The van der Waals surface area contributed by atoms with Crippen molar-refractivity contribution in [2.75, 3.05) is 0 Å². The molecule has 1 N–H and O–H groups in total. The first kappa shape index (κ1) is 12.1. The normalized spacial score (nSPS) is 10.6. The lowest BCUT2D eigenvalue weighted by Gasteiger charge is -2.11. The van der Waals surface area contributed by atoms with E-state index in [2.05, 4.69) is 32.9 Å². The number of aryl methyl sites for hydroxylation is 3. The van der Waals surface area contributed by atoms with Gasteiger partial charge in [0.05, 0.1) is 0 Å². The Kier molecular flexibility index (Phi) is 4.67. The molecule has 1 aromatic rings. The predicted molar refractivity (Wildman–Crippen MR) is 65.5 cm³/mol. The summed E-state index contributed by atoms with van der Waals surface area (Å²) in [6.07, 6.45) is 5.30. The number of hydrogen-bond acceptors (Lipinski definition) is 1. The number of phenols is 1. The molecule has 15 heavy (non-hydrogen) atoms. The Morgan fingerprint density at radius 1 is 1.00 bits per heavy atom. The van der Waals surface area contributed by atoms with Crippen LogP contribution in [0, 0.1) is 0 Å². The molecule has 0 aliphatic rings. The molecule has 0 saturated heterocycles. The molecule has 0 fully saturated rings. The lowest BCUT2D eigenvalue weighted by atomic mass is 9.98. The van der Waals surface area contributed by atoms with E-state index in [9.17, 15) is 5.11 Å². The van der Waals surface area contributed by atoms with E-state index >= 15 is 0 Å². The summed E-state index contributed by atoms with van der Waals surface area (Å²) in [5, 5.41) is 10.0. The van der Waals surface area contributed by atoms with Crippen molar-refractivity contribution in [3.05, 3.63) is 28.8 Å². The summed E-state index contributed by atoms with van der Waals surface area (Å²) in [4.78, 5) is 0. The van der Waals surface area contributed by atoms with E-state index in [-0.39, 0.29) is 0 Å². The van der Waals surface area contributed by atoms with Gasteiger partial charge in [-0.15, -0.1) is 0 Å². The van der Waals surface area contributed by atoms with Gasteiger partial charge in [-0.2, -0.15) is 0 Å². The van der Waals surface area contributed by atoms with Crippen LogP contribution in [0.4, 0.5) is 0 Å². The second-order valence-electron chi connectivity index (χ2n) is 4.07. The van der Waals surface area contributed by atoms with Crippen LogP contribution in [0.15, 0.2) is 12.1 Å². The molecule has 0 spiro atoms. The number of phenolic OH excluding ortho intramolecular Hbond substituents is 1. The Labute approximate surface area is 93.1 Å². The predicted octanol–water partition coefficient (Wildman–Crippen LogP) is 3.86. The van der Waals surface area contributed by atoms with Gasteiger partial charge >= 0.3 is 0 Å². The minimum absolute atomic E-state index is 0.531. The van der Waals surface area contributed by atoms with Crippen molar-refractivity contribution in [2.45, 2.75) is 52.9 Å². The van der Waals surface area contributed by atoms with Gasteiger partial charge in [0, 0.05) is 0 Å². The smallest absolute Gasteiger partial charge is 0.121 e. The molecule has 0 atom stereocenters. The lowest BCUT2D eigenvalue weighted by molar-refractivity contribution is 0.460. The molecule has 0 radical (unpaired) electrons. The van der Waals surface area contributed by atoms with Gasteiger partial charge in [-0.05, 0) is 42.4 Å². The van der Waals surface area contributed by atoms with Crippen LogP contribution in [0.25, 0.3) is 0 Å². The number of benzene rings is 1. The zero-order chi connectivity index (χ0) is 11.3. The highest BCUT2D eigenvalue weighted by Crippen LogP contribution is 2.26.